The average molecular weight is 527 g/mol. The van der Waals surface area contributed by atoms with Crippen molar-refractivity contribution < 1.29 is 23.1 Å². The van der Waals surface area contributed by atoms with E-state index in [-0.39, 0.29) is 25.0 Å². The number of anilines is 1. The molecule has 3 aromatic rings. The van der Waals surface area contributed by atoms with Gasteiger partial charge in [0.25, 0.3) is 0 Å². The van der Waals surface area contributed by atoms with Crippen molar-refractivity contribution in [3.63, 3.8) is 0 Å². The predicted octanol–water partition coefficient (Wildman–Crippen LogP) is 6.15. The van der Waals surface area contributed by atoms with Gasteiger partial charge in [-0.1, -0.05) is 41.1 Å². The van der Waals surface area contributed by atoms with Crippen molar-refractivity contribution in [2.45, 2.75) is 40.4 Å². The lowest BCUT2D eigenvalue weighted by Crippen LogP contribution is -2.16. The van der Waals surface area contributed by atoms with Crippen LogP contribution < -0.4 is 5.32 Å². The number of esters is 1. The zero-order chi connectivity index (χ0) is 24.9. The molecule has 0 saturated carbocycles. The van der Waals surface area contributed by atoms with Gasteiger partial charge < -0.3 is 19.1 Å². The van der Waals surface area contributed by atoms with Crippen LogP contribution in [0.2, 0.25) is 5.15 Å². The van der Waals surface area contributed by atoms with E-state index in [1.807, 2.05) is 30.3 Å². The Morgan fingerprint density at radius 1 is 1.12 bits per heavy atom. The van der Waals surface area contributed by atoms with Crippen LogP contribution in [0.4, 0.5) is 5.13 Å². The molecule has 0 aliphatic carbocycles. The number of rotatable bonds is 11. The second-order valence-corrected chi connectivity index (χ2v) is 10.6. The summed E-state index contributed by atoms with van der Waals surface area (Å²) < 4.78 is 32.0. The lowest BCUT2D eigenvalue weighted by molar-refractivity contribution is 0.0531. The molecule has 12 heteroatoms. The van der Waals surface area contributed by atoms with E-state index < -0.39 is 19.3 Å². The summed E-state index contributed by atoms with van der Waals surface area (Å²) in [6, 6.07) is 9.37. The van der Waals surface area contributed by atoms with Gasteiger partial charge in [0, 0.05) is 5.56 Å². The predicted molar refractivity (Wildman–Crippen MR) is 133 cm³/mol. The summed E-state index contributed by atoms with van der Waals surface area (Å²) in [6.45, 7) is 9.24. The first-order valence-corrected chi connectivity index (χ1v) is 13.7. The van der Waals surface area contributed by atoms with Crippen molar-refractivity contribution in [3.05, 3.63) is 57.3 Å². The van der Waals surface area contributed by atoms with E-state index in [2.05, 4.69) is 15.4 Å². The zero-order valence-corrected chi connectivity index (χ0v) is 22.2. The van der Waals surface area contributed by atoms with Crippen LogP contribution in [0.1, 0.15) is 53.2 Å². The van der Waals surface area contributed by atoms with Gasteiger partial charge in [0.15, 0.2) is 10.9 Å². The lowest BCUT2D eigenvalue weighted by Gasteiger charge is -2.27. The molecule has 34 heavy (non-hydrogen) atoms. The summed E-state index contributed by atoms with van der Waals surface area (Å²) in [6.07, 6.45) is 0. The zero-order valence-electron chi connectivity index (χ0n) is 19.7. The summed E-state index contributed by atoms with van der Waals surface area (Å²) in [4.78, 5) is 17.1. The van der Waals surface area contributed by atoms with Crippen molar-refractivity contribution in [3.8, 4) is 5.69 Å². The van der Waals surface area contributed by atoms with Crippen LogP contribution in [0.3, 0.4) is 0 Å². The van der Waals surface area contributed by atoms with Crippen LogP contribution in [-0.4, -0.2) is 40.6 Å². The lowest BCUT2D eigenvalue weighted by atomic mass is 10.2. The summed E-state index contributed by atoms with van der Waals surface area (Å²) in [5.74, 6) is -1.48. The molecule has 0 fully saturated rings. The normalized spacial score (nSPS) is 12.5. The van der Waals surface area contributed by atoms with E-state index in [9.17, 15) is 9.36 Å². The molecular weight excluding hydrogens is 499 g/mol. The Balaban J connectivity index is 2.12. The summed E-state index contributed by atoms with van der Waals surface area (Å²) in [5, 5.41) is 8.35. The first kappa shape index (κ1) is 26.4. The number of thiazole rings is 1. The Labute approximate surface area is 207 Å². The van der Waals surface area contributed by atoms with Crippen LogP contribution in [-0.2, 0) is 18.3 Å². The number of carbonyl (C=O) groups is 1. The van der Waals surface area contributed by atoms with Crippen molar-refractivity contribution >= 4 is 41.6 Å². The molecule has 1 unspecified atom stereocenters. The fourth-order valence-electron chi connectivity index (χ4n) is 3.38. The SMILES string of the molecule is CCOC(=O)c1sc(NC(c2c(C)nn(-c3ccccc3)c2Cl)P(=O)(OCC)OCC)nc1C. The highest BCUT2D eigenvalue weighted by molar-refractivity contribution is 7.54. The standard InChI is InChI=1S/C22H28ClN4O5PS/c1-6-30-21(28)18-15(5)24-22(34-18)25-20(33(29,31-7-2)32-8-3)17-14(4)26-27(19(17)23)16-12-10-9-11-13-16/h9-13,20H,6-8H2,1-5H3,(H,24,25). The van der Waals surface area contributed by atoms with Gasteiger partial charge in [-0.2, -0.15) is 5.10 Å². The van der Waals surface area contributed by atoms with Crippen LogP contribution in [0, 0.1) is 13.8 Å². The highest BCUT2D eigenvalue weighted by Crippen LogP contribution is 2.62. The number of aryl methyl sites for hydroxylation is 2. The Bertz CT molecular complexity index is 1170. The molecule has 184 valence electrons. The van der Waals surface area contributed by atoms with Crippen LogP contribution >= 0.6 is 30.5 Å². The molecule has 0 aliphatic heterocycles. The molecule has 2 aromatic heterocycles. The van der Waals surface area contributed by atoms with E-state index in [1.165, 1.54) is 0 Å². The molecule has 9 nitrogen and oxygen atoms in total. The second-order valence-electron chi connectivity index (χ2n) is 7.11. The topological polar surface area (TPSA) is 105 Å². The number of ether oxygens (including phenoxy) is 1. The van der Waals surface area contributed by atoms with Gasteiger partial charge in [-0.15, -0.1) is 0 Å². The van der Waals surface area contributed by atoms with Gasteiger partial charge in [-0.25, -0.2) is 14.5 Å². The number of halogens is 1. The monoisotopic (exact) mass is 526 g/mol. The number of nitrogens with zero attached hydrogens (tertiary/aromatic N) is 3. The number of hydrogen-bond acceptors (Lipinski definition) is 9. The van der Waals surface area contributed by atoms with Crippen molar-refractivity contribution in [1.29, 1.82) is 0 Å². The molecule has 0 aliphatic rings. The largest absolute Gasteiger partial charge is 0.462 e. The molecule has 2 heterocycles. The highest BCUT2D eigenvalue weighted by Gasteiger charge is 2.42. The Morgan fingerprint density at radius 2 is 1.76 bits per heavy atom. The number of carbonyl (C=O) groups excluding carboxylic acids is 1. The Kier molecular flexibility index (Phi) is 8.89. The van der Waals surface area contributed by atoms with Gasteiger partial charge >= 0.3 is 13.6 Å². The molecule has 1 atom stereocenters. The van der Waals surface area contributed by atoms with Crippen molar-refractivity contribution in [2.24, 2.45) is 0 Å². The average Bonchev–Trinajstić information content (AvgIpc) is 3.31. The molecule has 1 N–H and O–H groups in total. The molecule has 0 bridgehead atoms. The smallest absolute Gasteiger partial charge is 0.357 e. The summed E-state index contributed by atoms with van der Waals surface area (Å²) in [7, 11) is -3.79. The third kappa shape index (κ3) is 5.53. The second kappa shape index (κ2) is 11.5. The fourth-order valence-corrected chi connectivity index (χ4v) is 6.81. The first-order valence-electron chi connectivity index (χ1n) is 10.9. The number of benzene rings is 1. The van der Waals surface area contributed by atoms with Crippen molar-refractivity contribution in [1.82, 2.24) is 14.8 Å². The van der Waals surface area contributed by atoms with Gasteiger partial charge in [0.1, 0.15) is 10.0 Å². The number of nitrogens with one attached hydrogen (secondary N) is 1. The fraction of sp³-hybridized carbons (Fsp3) is 0.409. The van der Waals surface area contributed by atoms with Crippen LogP contribution in [0.5, 0.6) is 0 Å². The minimum Gasteiger partial charge on any atom is -0.462 e. The quantitative estimate of drug-likeness (QED) is 0.234. The minimum absolute atomic E-state index is 0.157. The van der Waals surface area contributed by atoms with E-state index in [1.54, 1.807) is 39.3 Å². The van der Waals surface area contributed by atoms with Gasteiger partial charge in [0.2, 0.25) is 0 Å². The van der Waals surface area contributed by atoms with Crippen molar-refractivity contribution in [2.75, 3.05) is 25.1 Å². The number of para-hydroxylation sites is 1. The van der Waals surface area contributed by atoms with Crippen LogP contribution in [0.15, 0.2) is 30.3 Å². The molecular formula is C22H28ClN4O5PS. The first-order chi connectivity index (χ1) is 16.3. The maximum atomic E-state index is 14.0. The number of hydrogen-bond donors (Lipinski definition) is 1. The Morgan fingerprint density at radius 3 is 2.35 bits per heavy atom. The van der Waals surface area contributed by atoms with Crippen LogP contribution in [0.25, 0.3) is 5.69 Å². The van der Waals surface area contributed by atoms with E-state index in [0.29, 0.717) is 27.0 Å². The van der Waals surface area contributed by atoms with E-state index in [4.69, 9.17) is 25.4 Å². The highest BCUT2D eigenvalue weighted by atomic mass is 35.5. The molecule has 0 radical (unpaired) electrons. The Hall–Kier alpha value is -2.23. The third-order valence-electron chi connectivity index (χ3n) is 4.77. The molecule has 0 amide bonds. The maximum Gasteiger partial charge on any atom is 0.357 e. The minimum atomic E-state index is -3.79. The summed E-state index contributed by atoms with van der Waals surface area (Å²) in [5.41, 5.74) is 2.25. The molecule has 1 aromatic carbocycles. The molecule has 0 spiro atoms. The molecule has 0 saturated heterocycles. The number of aromatic nitrogens is 3. The van der Waals surface area contributed by atoms with E-state index >= 15 is 0 Å². The van der Waals surface area contributed by atoms with Gasteiger partial charge in [-0.3, -0.25) is 4.57 Å². The van der Waals surface area contributed by atoms with Gasteiger partial charge in [0.05, 0.1) is 36.9 Å². The molecule has 3 rings (SSSR count). The van der Waals surface area contributed by atoms with E-state index in [0.717, 1.165) is 17.0 Å². The van der Waals surface area contributed by atoms with Gasteiger partial charge in [-0.05, 0) is 46.8 Å². The summed E-state index contributed by atoms with van der Waals surface area (Å²) >= 11 is 7.90. The maximum absolute atomic E-state index is 14.0. The third-order valence-corrected chi connectivity index (χ3v) is 8.46.